The smallest absolute Gasteiger partial charge is 0.255 e. The van der Waals surface area contributed by atoms with Gasteiger partial charge in [0.1, 0.15) is 13.9 Å². The number of hydrogen-bond acceptors (Lipinski definition) is 4. The number of nitrogens with one attached hydrogen (secondary N) is 2. The zero-order valence-electron chi connectivity index (χ0n) is 20.2. The maximum atomic E-state index is 13.0. The highest BCUT2D eigenvalue weighted by atomic mass is 16.2. The topological polar surface area (TPSA) is 78.5 Å². The molecule has 1 unspecified atom stereocenters. The molecular weight excluding hydrogens is 413 g/mol. The van der Waals surface area contributed by atoms with Crippen LogP contribution in [0.5, 0.6) is 0 Å². The molecule has 2 aliphatic carbocycles. The van der Waals surface area contributed by atoms with Gasteiger partial charge in [0, 0.05) is 24.6 Å². The van der Waals surface area contributed by atoms with Crippen molar-refractivity contribution in [1.29, 1.82) is 0 Å². The summed E-state index contributed by atoms with van der Waals surface area (Å²) in [5.74, 6) is -0.0847. The molecule has 2 heterocycles. The first-order chi connectivity index (χ1) is 15.6. The van der Waals surface area contributed by atoms with E-state index in [0.29, 0.717) is 35.9 Å². The number of hydrogen-bond donors (Lipinski definition) is 2. The van der Waals surface area contributed by atoms with Crippen LogP contribution in [-0.2, 0) is 22.6 Å². The minimum absolute atomic E-state index is 0.0937. The Kier molecular flexibility index (Phi) is 5.67. The van der Waals surface area contributed by atoms with Crippen molar-refractivity contribution in [3.63, 3.8) is 0 Å². The van der Waals surface area contributed by atoms with Gasteiger partial charge >= 0.3 is 0 Å². The molecule has 33 heavy (non-hydrogen) atoms. The normalized spacial score (nSPS) is 30.5. The Hall–Kier alpha value is -2.15. The van der Waals surface area contributed by atoms with E-state index in [1.807, 2.05) is 6.07 Å². The summed E-state index contributed by atoms with van der Waals surface area (Å²) in [7, 11) is 2.38. The van der Waals surface area contributed by atoms with Crippen molar-refractivity contribution < 1.29 is 14.4 Å². The minimum atomic E-state index is -0.551. The Morgan fingerprint density at radius 1 is 1.12 bits per heavy atom. The molecule has 2 saturated carbocycles. The molecule has 2 aliphatic heterocycles. The van der Waals surface area contributed by atoms with Crippen molar-refractivity contribution in [2.45, 2.75) is 95.7 Å². The molecule has 3 amide bonds. The van der Waals surface area contributed by atoms with Crippen LogP contribution in [0.1, 0.15) is 86.7 Å². The lowest BCUT2D eigenvalue weighted by Crippen LogP contribution is -2.63. The van der Waals surface area contributed by atoms with Gasteiger partial charge in [0.2, 0.25) is 11.8 Å². The van der Waals surface area contributed by atoms with E-state index in [2.05, 4.69) is 44.5 Å². The summed E-state index contributed by atoms with van der Waals surface area (Å²) in [6.07, 6.45) is 9.27. The summed E-state index contributed by atoms with van der Waals surface area (Å²) in [6, 6.07) is 6.23. The van der Waals surface area contributed by atoms with Crippen LogP contribution >= 0.6 is 0 Å². The average molecular weight is 449 g/mol. The maximum absolute atomic E-state index is 13.0. The van der Waals surface area contributed by atoms with Gasteiger partial charge in [0.05, 0.1) is 0 Å². The number of carbonyl (C=O) groups excluding carboxylic acids is 3. The number of nitrogens with zero attached hydrogens (tertiary/aromatic N) is 1. The summed E-state index contributed by atoms with van der Waals surface area (Å²) in [4.78, 5) is 38.4. The van der Waals surface area contributed by atoms with E-state index in [-0.39, 0.29) is 29.6 Å². The number of carbonyl (C=O) groups is 3. The van der Waals surface area contributed by atoms with Gasteiger partial charge in [0.15, 0.2) is 0 Å². The summed E-state index contributed by atoms with van der Waals surface area (Å²) >= 11 is 0. The zero-order chi connectivity index (χ0) is 23.4. The number of amides is 3. The van der Waals surface area contributed by atoms with Crippen LogP contribution in [0.25, 0.3) is 0 Å². The van der Waals surface area contributed by atoms with Crippen molar-refractivity contribution in [2.24, 2.45) is 11.3 Å². The predicted octanol–water partition coefficient (Wildman–Crippen LogP) is 2.29. The first kappa shape index (κ1) is 22.6. The third-order valence-electron chi connectivity index (χ3n) is 8.27. The molecule has 5 rings (SSSR count). The molecule has 1 saturated heterocycles. The second-order valence-corrected chi connectivity index (χ2v) is 12.0. The summed E-state index contributed by atoms with van der Waals surface area (Å²) in [6.45, 7) is 5.17. The fourth-order valence-corrected chi connectivity index (χ4v) is 7.31. The zero-order valence-corrected chi connectivity index (χ0v) is 20.2. The average Bonchev–Trinajstić information content (AvgIpc) is 3.03. The highest BCUT2D eigenvalue weighted by Crippen LogP contribution is 2.47. The molecule has 0 radical (unpaired) electrons. The van der Waals surface area contributed by atoms with E-state index in [9.17, 15) is 14.4 Å². The van der Waals surface area contributed by atoms with Crippen LogP contribution in [0.4, 0.5) is 0 Å². The van der Waals surface area contributed by atoms with Gasteiger partial charge in [-0.2, -0.15) is 0 Å². The van der Waals surface area contributed by atoms with Crippen LogP contribution in [0.3, 0.4) is 0 Å². The minimum Gasteiger partial charge on any atom is -0.322 e. The number of imide groups is 1. The summed E-state index contributed by atoms with van der Waals surface area (Å²) in [5, 5.41) is 6.42. The standard InChI is InChI=1S/C26H36BN3O3/c1-25(2)14-26(27,15-25)29-20-6-4-3-5-17(20)11-16-7-8-19-18(12-16)13-30(24(19)33)21-9-10-22(31)28-23(21)32/h7-8,12,17,20-21,29H,3-6,9-11,13-15,27H2,1-2H3,(H,28,31,32)/t17-,20+,21?/m1/s1. The molecule has 4 aliphatic rings. The van der Waals surface area contributed by atoms with Gasteiger partial charge in [-0.05, 0) is 72.5 Å². The number of benzene rings is 1. The third kappa shape index (κ3) is 4.49. The van der Waals surface area contributed by atoms with Gasteiger partial charge in [-0.15, -0.1) is 0 Å². The summed E-state index contributed by atoms with van der Waals surface area (Å²) < 4.78 is 0. The Labute approximate surface area is 197 Å². The third-order valence-corrected chi connectivity index (χ3v) is 8.27. The Morgan fingerprint density at radius 2 is 1.88 bits per heavy atom. The highest BCUT2D eigenvalue weighted by molar-refractivity contribution is 6.16. The van der Waals surface area contributed by atoms with Crippen molar-refractivity contribution in [3.05, 3.63) is 34.9 Å². The van der Waals surface area contributed by atoms with E-state index in [4.69, 9.17) is 0 Å². The van der Waals surface area contributed by atoms with Gasteiger partial charge in [-0.25, -0.2) is 0 Å². The lowest BCUT2D eigenvalue weighted by molar-refractivity contribution is -0.136. The lowest BCUT2D eigenvalue weighted by Gasteiger charge is -2.55. The Morgan fingerprint density at radius 3 is 2.61 bits per heavy atom. The van der Waals surface area contributed by atoms with Gasteiger partial charge < -0.3 is 10.2 Å². The summed E-state index contributed by atoms with van der Waals surface area (Å²) in [5.41, 5.74) is 3.70. The molecule has 0 spiro atoms. The molecule has 6 nitrogen and oxygen atoms in total. The molecule has 1 aromatic carbocycles. The van der Waals surface area contributed by atoms with Crippen molar-refractivity contribution in [2.75, 3.05) is 0 Å². The maximum Gasteiger partial charge on any atom is 0.255 e. The van der Waals surface area contributed by atoms with E-state index in [0.717, 1.165) is 12.0 Å². The van der Waals surface area contributed by atoms with E-state index >= 15 is 0 Å². The highest BCUT2D eigenvalue weighted by Gasteiger charge is 2.47. The quantitative estimate of drug-likeness (QED) is 0.534. The van der Waals surface area contributed by atoms with Crippen LogP contribution in [0.2, 0.25) is 0 Å². The molecule has 176 valence electrons. The van der Waals surface area contributed by atoms with Crippen LogP contribution in [-0.4, -0.2) is 48.0 Å². The van der Waals surface area contributed by atoms with E-state index < -0.39 is 6.04 Å². The van der Waals surface area contributed by atoms with Gasteiger partial charge in [-0.3, -0.25) is 19.7 Å². The molecule has 0 aromatic heterocycles. The first-order valence-electron chi connectivity index (χ1n) is 12.7. The van der Waals surface area contributed by atoms with Crippen LogP contribution in [0.15, 0.2) is 18.2 Å². The van der Waals surface area contributed by atoms with Gasteiger partial charge in [0.25, 0.3) is 5.91 Å². The largest absolute Gasteiger partial charge is 0.322 e. The Balaban J connectivity index is 1.27. The molecule has 0 bridgehead atoms. The fourth-order valence-electron chi connectivity index (χ4n) is 7.31. The number of piperidine rings is 1. The van der Waals surface area contributed by atoms with Crippen LogP contribution < -0.4 is 10.6 Å². The molecule has 7 heteroatoms. The molecule has 3 fully saturated rings. The monoisotopic (exact) mass is 449 g/mol. The molecule has 1 aromatic rings. The number of rotatable bonds is 5. The van der Waals surface area contributed by atoms with E-state index in [1.165, 1.54) is 44.1 Å². The van der Waals surface area contributed by atoms with Crippen molar-refractivity contribution in [1.82, 2.24) is 15.5 Å². The van der Waals surface area contributed by atoms with Crippen molar-refractivity contribution >= 4 is 25.6 Å². The number of fused-ring (bicyclic) bond motifs is 1. The fraction of sp³-hybridized carbons (Fsp3) is 0.654. The van der Waals surface area contributed by atoms with Crippen molar-refractivity contribution in [3.8, 4) is 0 Å². The van der Waals surface area contributed by atoms with Gasteiger partial charge in [-0.1, -0.05) is 38.8 Å². The Bertz CT molecular complexity index is 983. The molecule has 2 N–H and O–H groups in total. The second kappa shape index (κ2) is 8.26. The van der Waals surface area contributed by atoms with Crippen LogP contribution in [0, 0.1) is 11.3 Å². The molecular formula is C26H36BN3O3. The second-order valence-electron chi connectivity index (χ2n) is 12.0. The molecule has 3 atom stereocenters. The van der Waals surface area contributed by atoms with E-state index in [1.54, 1.807) is 4.90 Å². The SMILES string of the molecule is BC1(N[C@H]2CCCC[C@@H]2Cc2ccc3c(c2)CN(C2CCC(=O)NC2=O)C3=O)CC(C)(C)C1. The lowest BCUT2D eigenvalue weighted by atomic mass is 9.50. The first-order valence-corrected chi connectivity index (χ1v) is 12.7. The predicted molar refractivity (Wildman–Crippen MR) is 129 cm³/mol.